The van der Waals surface area contributed by atoms with Gasteiger partial charge in [0.25, 0.3) is 0 Å². The van der Waals surface area contributed by atoms with Crippen LogP contribution in [-0.4, -0.2) is 6.54 Å². The number of hydrogen-bond acceptors (Lipinski definition) is 1. The van der Waals surface area contributed by atoms with Gasteiger partial charge < -0.3 is 5.73 Å². The van der Waals surface area contributed by atoms with E-state index in [2.05, 4.69) is 28.1 Å². The Morgan fingerprint density at radius 2 is 2.00 bits per heavy atom. The molecule has 0 aliphatic heterocycles. The summed E-state index contributed by atoms with van der Waals surface area (Å²) >= 11 is 3.73. The largest absolute Gasteiger partial charge is 0.330 e. The van der Waals surface area contributed by atoms with E-state index in [0.717, 1.165) is 6.54 Å². The van der Waals surface area contributed by atoms with Crippen LogP contribution in [0.5, 0.6) is 0 Å². The lowest BCUT2D eigenvalue weighted by molar-refractivity contribution is 0.253. The van der Waals surface area contributed by atoms with Crippen LogP contribution in [0.1, 0.15) is 42.4 Å². The number of benzene rings is 1. The summed E-state index contributed by atoms with van der Waals surface area (Å²) in [7, 11) is 0. The quantitative estimate of drug-likeness (QED) is 0.883. The molecule has 0 radical (unpaired) electrons. The van der Waals surface area contributed by atoms with Crippen molar-refractivity contribution in [2.75, 3.05) is 6.54 Å². The highest BCUT2D eigenvalue weighted by Crippen LogP contribution is 2.45. The maximum absolute atomic E-state index is 5.98. The fraction of sp³-hybridized carbons (Fsp3) is 0.571. The molecule has 2 N–H and O–H groups in total. The van der Waals surface area contributed by atoms with E-state index in [-0.39, 0.29) is 0 Å². The number of nitrogens with two attached hydrogens (primary N) is 1. The van der Waals surface area contributed by atoms with Gasteiger partial charge in [-0.05, 0) is 54.9 Å². The van der Waals surface area contributed by atoms with Gasteiger partial charge in [-0.3, -0.25) is 0 Å². The molecule has 1 aromatic rings. The SMILES string of the molecule is NCC1(c2cc(Br)c3c(c2)CCC3)CCC1. The van der Waals surface area contributed by atoms with Crippen LogP contribution in [0.15, 0.2) is 16.6 Å². The zero-order valence-corrected chi connectivity index (χ0v) is 11.1. The van der Waals surface area contributed by atoms with E-state index in [0.29, 0.717) is 5.41 Å². The first-order valence-electron chi connectivity index (χ1n) is 6.27. The van der Waals surface area contributed by atoms with Crippen molar-refractivity contribution in [3.05, 3.63) is 33.3 Å². The van der Waals surface area contributed by atoms with Crippen LogP contribution in [0.3, 0.4) is 0 Å². The van der Waals surface area contributed by atoms with Gasteiger partial charge in [-0.15, -0.1) is 0 Å². The normalized spacial score (nSPS) is 21.6. The van der Waals surface area contributed by atoms with Crippen molar-refractivity contribution in [1.82, 2.24) is 0 Å². The third kappa shape index (κ3) is 1.46. The number of aryl methyl sites for hydroxylation is 1. The standard InChI is InChI=1S/C14H18BrN/c15-13-8-11(14(9-16)5-2-6-14)7-10-3-1-4-12(10)13/h7-8H,1-6,9,16H2. The van der Waals surface area contributed by atoms with E-state index < -0.39 is 0 Å². The summed E-state index contributed by atoms with van der Waals surface area (Å²) in [5.74, 6) is 0. The van der Waals surface area contributed by atoms with E-state index in [1.165, 1.54) is 54.1 Å². The van der Waals surface area contributed by atoms with Gasteiger partial charge in [-0.2, -0.15) is 0 Å². The summed E-state index contributed by atoms with van der Waals surface area (Å²) < 4.78 is 1.32. The molecule has 0 atom stereocenters. The van der Waals surface area contributed by atoms with Gasteiger partial charge in [0.05, 0.1) is 0 Å². The monoisotopic (exact) mass is 279 g/mol. The van der Waals surface area contributed by atoms with Crippen molar-refractivity contribution in [3.8, 4) is 0 Å². The topological polar surface area (TPSA) is 26.0 Å². The average Bonchev–Trinajstić information content (AvgIpc) is 2.65. The first-order chi connectivity index (χ1) is 7.75. The molecule has 2 heteroatoms. The van der Waals surface area contributed by atoms with Gasteiger partial charge in [0.2, 0.25) is 0 Å². The van der Waals surface area contributed by atoms with Crippen molar-refractivity contribution in [2.24, 2.45) is 5.73 Å². The van der Waals surface area contributed by atoms with Crippen molar-refractivity contribution in [2.45, 2.75) is 43.9 Å². The Hall–Kier alpha value is -0.340. The first-order valence-corrected chi connectivity index (χ1v) is 7.06. The summed E-state index contributed by atoms with van der Waals surface area (Å²) in [4.78, 5) is 0. The fourth-order valence-corrected chi connectivity index (χ4v) is 3.87. The molecule has 1 fully saturated rings. The summed E-state index contributed by atoms with van der Waals surface area (Å²) in [5, 5.41) is 0. The first kappa shape index (κ1) is 10.8. The van der Waals surface area contributed by atoms with E-state index in [1.807, 2.05) is 0 Å². The van der Waals surface area contributed by atoms with Crippen LogP contribution in [0.4, 0.5) is 0 Å². The van der Waals surface area contributed by atoms with E-state index in [4.69, 9.17) is 5.73 Å². The molecule has 16 heavy (non-hydrogen) atoms. The third-order valence-corrected chi connectivity index (χ3v) is 5.18. The molecular formula is C14H18BrN. The minimum absolute atomic E-state index is 0.306. The lowest BCUT2D eigenvalue weighted by Crippen LogP contribution is -2.41. The molecule has 1 aromatic carbocycles. The van der Waals surface area contributed by atoms with Crippen molar-refractivity contribution in [3.63, 3.8) is 0 Å². The number of rotatable bonds is 2. The maximum Gasteiger partial charge on any atom is 0.0213 e. The highest BCUT2D eigenvalue weighted by atomic mass is 79.9. The minimum Gasteiger partial charge on any atom is -0.330 e. The molecule has 0 bridgehead atoms. The van der Waals surface area contributed by atoms with Crippen molar-refractivity contribution >= 4 is 15.9 Å². The molecule has 2 aliphatic rings. The Bertz CT molecular complexity index is 415. The van der Waals surface area contributed by atoms with Crippen LogP contribution in [0, 0.1) is 0 Å². The zero-order valence-electron chi connectivity index (χ0n) is 9.56. The Morgan fingerprint density at radius 3 is 2.62 bits per heavy atom. The third-order valence-electron chi connectivity index (χ3n) is 4.47. The van der Waals surface area contributed by atoms with Crippen LogP contribution in [-0.2, 0) is 18.3 Å². The highest BCUT2D eigenvalue weighted by Gasteiger charge is 2.38. The van der Waals surface area contributed by atoms with Crippen LogP contribution < -0.4 is 5.73 Å². The lowest BCUT2D eigenvalue weighted by atomic mass is 9.64. The van der Waals surface area contributed by atoms with Crippen LogP contribution in [0.25, 0.3) is 0 Å². The molecule has 3 rings (SSSR count). The molecule has 1 saturated carbocycles. The van der Waals surface area contributed by atoms with E-state index in [9.17, 15) is 0 Å². The van der Waals surface area contributed by atoms with E-state index >= 15 is 0 Å². The number of fused-ring (bicyclic) bond motifs is 1. The van der Waals surface area contributed by atoms with Crippen LogP contribution >= 0.6 is 15.9 Å². The summed E-state index contributed by atoms with van der Waals surface area (Å²) in [6, 6.07) is 4.76. The molecule has 0 saturated heterocycles. The van der Waals surface area contributed by atoms with Gasteiger partial charge in [-0.25, -0.2) is 0 Å². The number of hydrogen-bond donors (Lipinski definition) is 1. The lowest BCUT2D eigenvalue weighted by Gasteiger charge is -2.42. The Balaban J connectivity index is 2.05. The molecule has 0 amide bonds. The fourth-order valence-electron chi connectivity index (χ4n) is 3.17. The van der Waals surface area contributed by atoms with Gasteiger partial charge in [0.15, 0.2) is 0 Å². The Kier molecular flexibility index (Phi) is 2.60. The predicted molar refractivity (Wildman–Crippen MR) is 70.8 cm³/mol. The number of halogens is 1. The van der Waals surface area contributed by atoms with Crippen molar-refractivity contribution in [1.29, 1.82) is 0 Å². The molecule has 0 heterocycles. The summed E-state index contributed by atoms with van der Waals surface area (Å²) in [5.41, 5.74) is 10.9. The van der Waals surface area contributed by atoms with Gasteiger partial charge in [0.1, 0.15) is 0 Å². The second kappa shape index (κ2) is 3.85. The maximum atomic E-state index is 5.98. The average molecular weight is 280 g/mol. The second-order valence-corrected chi connectivity index (χ2v) is 6.14. The molecule has 2 aliphatic carbocycles. The van der Waals surface area contributed by atoms with Gasteiger partial charge >= 0.3 is 0 Å². The minimum atomic E-state index is 0.306. The van der Waals surface area contributed by atoms with Crippen LogP contribution in [0.2, 0.25) is 0 Å². The molecule has 1 nitrogen and oxygen atoms in total. The zero-order chi connectivity index (χ0) is 11.2. The molecule has 0 unspecified atom stereocenters. The van der Waals surface area contributed by atoms with Gasteiger partial charge in [-0.1, -0.05) is 28.4 Å². The summed E-state index contributed by atoms with van der Waals surface area (Å²) in [6.45, 7) is 0.804. The molecule has 86 valence electrons. The van der Waals surface area contributed by atoms with Crippen molar-refractivity contribution < 1.29 is 0 Å². The van der Waals surface area contributed by atoms with E-state index in [1.54, 1.807) is 5.56 Å². The second-order valence-electron chi connectivity index (χ2n) is 5.29. The smallest absolute Gasteiger partial charge is 0.0213 e. The predicted octanol–water partition coefficient (Wildman–Crippen LogP) is 3.32. The highest BCUT2D eigenvalue weighted by molar-refractivity contribution is 9.10. The Labute approximate surface area is 106 Å². The summed E-state index contributed by atoms with van der Waals surface area (Å²) in [6.07, 6.45) is 7.69. The molecule has 0 aromatic heterocycles. The van der Waals surface area contributed by atoms with Gasteiger partial charge in [0, 0.05) is 16.4 Å². The Morgan fingerprint density at radius 1 is 1.19 bits per heavy atom. The molecular weight excluding hydrogens is 262 g/mol. The molecule has 0 spiro atoms.